The van der Waals surface area contributed by atoms with Gasteiger partial charge in [0.2, 0.25) is 0 Å². The first-order chi connectivity index (χ1) is 8.79. The van der Waals surface area contributed by atoms with E-state index in [1.165, 1.54) is 4.26 Å². The number of hydrogen-bond donors (Lipinski definition) is 0. The SMILES string of the molecule is COc1ccc2[se]n(-c3ccccn3)c(=S)c2c1. The zero-order valence-corrected chi connectivity index (χ0v) is 12.2. The van der Waals surface area contributed by atoms with Gasteiger partial charge in [-0.1, -0.05) is 0 Å². The van der Waals surface area contributed by atoms with Gasteiger partial charge in [-0.05, 0) is 0 Å². The predicted molar refractivity (Wildman–Crippen MR) is 75.4 cm³/mol. The van der Waals surface area contributed by atoms with Crippen LogP contribution in [0, 0.1) is 4.64 Å². The molecule has 0 saturated heterocycles. The summed E-state index contributed by atoms with van der Waals surface area (Å²) in [5.41, 5.74) is 0. The molecule has 0 bridgehead atoms. The van der Waals surface area contributed by atoms with Gasteiger partial charge in [0.05, 0.1) is 0 Å². The van der Waals surface area contributed by atoms with E-state index in [9.17, 15) is 0 Å². The van der Waals surface area contributed by atoms with Crippen LogP contribution in [0.4, 0.5) is 0 Å². The molecule has 3 aromatic rings. The number of pyridine rings is 1. The van der Waals surface area contributed by atoms with Gasteiger partial charge in [-0.2, -0.15) is 0 Å². The topological polar surface area (TPSA) is 27.1 Å². The molecule has 2 heterocycles. The molecule has 3 nitrogen and oxygen atoms in total. The molecule has 90 valence electrons. The maximum absolute atomic E-state index is 5.53. The van der Waals surface area contributed by atoms with Crippen LogP contribution in [0.3, 0.4) is 0 Å². The van der Waals surface area contributed by atoms with Crippen LogP contribution in [0.25, 0.3) is 15.5 Å². The van der Waals surface area contributed by atoms with Gasteiger partial charge < -0.3 is 0 Å². The summed E-state index contributed by atoms with van der Waals surface area (Å²) in [6.07, 6.45) is 1.79. The fourth-order valence-electron chi connectivity index (χ4n) is 1.76. The molecule has 3 rings (SSSR count). The number of nitrogens with zero attached hydrogens (tertiary/aromatic N) is 2. The number of fused-ring (bicyclic) bond motifs is 1. The van der Waals surface area contributed by atoms with Crippen LogP contribution in [0.1, 0.15) is 0 Å². The van der Waals surface area contributed by atoms with Gasteiger partial charge in [0.15, 0.2) is 0 Å². The minimum absolute atomic E-state index is 0.160. The summed E-state index contributed by atoms with van der Waals surface area (Å²) >= 11 is 5.69. The van der Waals surface area contributed by atoms with E-state index < -0.39 is 0 Å². The fraction of sp³-hybridized carbons (Fsp3) is 0.0769. The molecule has 0 aliphatic heterocycles. The van der Waals surface area contributed by atoms with E-state index in [1.54, 1.807) is 13.3 Å². The van der Waals surface area contributed by atoms with E-state index in [0.29, 0.717) is 0 Å². The quantitative estimate of drug-likeness (QED) is 0.536. The normalized spacial score (nSPS) is 10.7. The van der Waals surface area contributed by atoms with Gasteiger partial charge in [-0.25, -0.2) is 0 Å². The Morgan fingerprint density at radius 1 is 1.28 bits per heavy atom. The van der Waals surface area contributed by atoms with Crippen molar-refractivity contribution in [2.45, 2.75) is 0 Å². The average Bonchev–Trinajstić information content (AvgIpc) is 2.77. The van der Waals surface area contributed by atoms with E-state index in [4.69, 9.17) is 17.0 Å². The third kappa shape index (κ3) is 1.90. The molecule has 0 amide bonds. The van der Waals surface area contributed by atoms with E-state index >= 15 is 0 Å². The van der Waals surface area contributed by atoms with Crippen LogP contribution in [-0.2, 0) is 0 Å². The van der Waals surface area contributed by atoms with Crippen molar-refractivity contribution in [2.75, 3.05) is 7.11 Å². The molecule has 0 aliphatic rings. The summed E-state index contributed by atoms with van der Waals surface area (Å²) in [6, 6.07) is 11.9. The summed E-state index contributed by atoms with van der Waals surface area (Å²) in [5, 5.41) is 1.09. The molecule has 18 heavy (non-hydrogen) atoms. The number of rotatable bonds is 2. The summed E-state index contributed by atoms with van der Waals surface area (Å²) in [7, 11) is 1.67. The Labute approximate surface area is 116 Å². The van der Waals surface area contributed by atoms with Gasteiger partial charge in [0.1, 0.15) is 0 Å². The van der Waals surface area contributed by atoms with Crippen molar-refractivity contribution in [1.82, 2.24) is 8.55 Å². The first-order valence-corrected chi connectivity index (χ1v) is 7.44. The van der Waals surface area contributed by atoms with Crippen LogP contribution in [0.5, 0.6) is 5.75 Å². The Balaban J connectivity index is 2.27. The standard InChI is InChI=1S/C13H10N2OSSe/c1-16-9-5-6-11-10(8-9)13(17)15(18-11)12-4-2-3-7-14-12/h2-8H,1H3. The first-order valence-electron chi connectivity index (χ1n) is 5.41. The Kier molecular flexibility index (Phi) is 3.04. The third-order valence-corrected chi connectivity index (χ3v) is 5.63. The van der Waals surface area contributed by atoms with Crippen molar-refractivity contribution in [3.63, 3.8) is 0 Å². The number of hydrogen-bond acceptors (Lipinski definition) is 3. The molecule has 1 aromatic carbocycles. The van der Waals surface area contributed by atoms with Crippen molar-refractivity contribution in [1.29, 1.82) is 0 Å². The molecule has 0 fully saturated rings. The third-order valence-electron chi connectivity index (χ3n) is 2.65. The Bertz CT molecular complexity index is 749. The molecule has 5 heteroatoms. The molecule has 0 N–H and O–H groups in total. The molecule has 0 radical (unpaired) electrons. The van der Waals surface area contributed by atoms with Crippen LogP contribution >= 0.6 is 12.2 Å². The monoisotopic (exact) mass is 322 g/mol. The van der Waals surface area contributed by atoms with E-state index in [0.717, 1.165) is 21.6 Å². The number of aromatic nitrogens is 2. The summed E-state index contributed by atoms with van der Waals surface area (Å²) in [4.78, 5) is 4.36. The Morgan fingerprint density at radius 2 is 2.17 bits per heavy atom. The first kappa shape index (κ1) is 11.7. The van der Waals surface area contributed by atoms with Gasteiger partial charge in [-0.15, -0.1) is 0 Å². The summed E-state index contributed by atoms with van der Waals surface area (Å²) in [6.45, 7) is 0. The van der Waals surface area contributed by atoms with Crippen LogP contribution in [0.15, 0.2) is 42.6 Å². The number of methoxy groups -OCH3 is 1. The predicted octanol–water partition coefficient (Wildman–Crippen LogP) is 2.82. The molecule has 0 saturated carbocycles. The zero-order valence-electron chi connectivity index (χ0n) is 9.66. The van der Waals surface area contributed by atoms with E-state index in [2.05, 4.69) is 14.6 Å². The van der Waals surface area contributed by atoms with Crippen molar-refractivity contribution < 1.29 is 4.74 Å². The van der Waals surface area contributed by atoms with Crippen molar-refractivity contribution in [3.05, 3.63) is 47.2 Å². The molecule has 0 spiro atoms. The number of benzene rings is 1. The number of ether oxygens (including phenoxy) is 1. The second-order valence-corrected chi connectivity index (χ2v) is 6.20. The van der Waals surface area contributed by atoms with Crippen LogP contribution in [-0.4, -0.2) is 30.4 Å². The van der Waals surface area contributed by atoms with Gasteiger partial charge in [-0.3, -0.25) is 0 Å². The zero-order chi connectivity index (χ0) is 12.5. The van der Waals surface area contributed by atoms with Gasteiger partial charge >= 0.3 is 116 Å². The van der Waals surface area contributed by atoms with Crippen LogP contribution in [0.2, 0.25) is 0 Å². The average molecular weight is 321 g/mol. The Hall–Kier alpha value is -1.42. The second kappa shape index (κ2) is 4.69. The minimum atomic E-state index is 0.160. The van der Waals surface area contributed by atoms with Crippen molar-refractivity contribution >= 4 is 36.6 Å². The van der Waals surface area contributed by atoms with Crippen LogP contribution < -0.4 is 4.74 Å². The molecule has 0 unspecified atom stereocenters. The molecular weight excluding hydrogens is 311 g/mol. The van der Waals surface area contributed by atoms with Crippen molar-refractivity contribution in [2.24, 2.45) is 0 Å². The maximum atomic E-state index is 5.53. The molecule has 2 aromatic heterocycles. The van der Waals surface area contributed by atoms with Crippen molar-refractivity contribution in [3.8, 4) is 11.6 Å². The Morgan fingerprint density at radius 3 is 2.89 bits per heavy atom. The molecular formula is C13H10N2OSSe. The second-order valence-electron chi connectivity index (χ2n) is 3.74. The van der Waals surface area contributed by atoms with E-state index in [1.807, 2.05) is 30.3 Å². The van der Waals surface area contributed by atoms with Gasteiger partial charge in [0, 0.05) is 0 Å². The summed E-state index contributed by atoms with van der Waals surface area (Å²) < 4.78 is 9.46. The van der Waals surface area contributed by atoms with E-state index in [-0.39, 0.29) is 14.7 Å². The molecule has 0 atom stereocenters. The van der Waals surface area contributed by atoms with Gasteiger partial charge in [0.25, 0.3) is 0 Å². The summed E-state index contributed by atoms with van der Waals surface area (Å²) in [5.74, 6) is 1.76. The molecule has 0 aliphatic carbocycles. The fourth-order valence-corrected chi connectivity index (χ4v) is 4.38.